The molecule has 0 bridgehead atoms. The van der Waals surface area contributed by atoms with Crippen LogP contribution < -0.4 is 0 Å². The molecule has 0 spiro atoms. The molecular weight excluding hydrogens is 310 g/mol. The smallest absolute Gasteiger partial charge is 0.126 e. The Bertz CT molecular complexity index is 436. The number of rotatable bonds is 2. The van der Waals surface area contributed by atoms with Gasteiger partial charge < -0.3 is 0 Å². The van der Waals surface area contributed by atoms with Crippen molar-refractivity contribution in [3.8, 4) is 0 Å². The van der Waals surface area contributed by atoms with Gasteiger partial charge in [-0.1, -0.05) is 43.1 Å². The van der Waals surface area contributed by atoms with E-state index in [1.807, 2.05) is 0 Å². The van der Waals surface area contributed by atoms with Crippen LogP contribution in [0.15, 0.2) is 18.2 Å². The number of benzene rings is 1. The lowest BCUT2D eigenvalue weighted by atomic mass is 9.66. The molecule has 1 aromatic carbocycles. The molecule has 106 valence electrons. The van der Waals surface area contributed by atoms with Crippen LogP contribution in [-0.4, -0.2) is 4.83 Å². The molecule has 3 unspecified atom stereocenters. The Morgan fingerprint density at radius 1 is 1.11 bits per heavy atom. The highest BCUT2D eigenvalue weighted by Gasteiger charge is 2.39. The Labute approximate surface area is 122 Å². The fourth-order valence-electron chi connectivity index (χ4n) is 3.26. The van der Waals surface area contributed by atoms with Crippen LogP contribution in [0.5, 0.6) is 0 Å². The molecule has 0 nitrogen and oxygen atoms in total. The second-order valence-corrected chi connectivity index (χ2v) is 7.60. The zero-order valence-electron chi connectivity index (χ0n) is 11.7. The summed E-state index contributed by atoms with van der Waals surface area (Å²) in [4.78, 5) is 0.414. The van der Waals surface area contributed by atoms with Crippen LogP contribution in [-0.2, 0) is 5.41 Å². The van der Waals surface area contributed by atoms with Gasteiger partial charge in [0.2, 0.25) is 0 Å². The van der Waals surface area contributed by atoms with Gasteiger partial charge in [-0.25, -0.2) is 8.78 Å². The Morgan fingerprint density at radius 2 is 1.68 bits per heavy atom. The van der Waals surface area contributed by atoms with E-state index in [0.29, 0.717) is 10.7 Å². The second-order valence-electron chi connectivity index (χ2n) is 6.42. The molecule has 19 heavy (non-hydrogen) atoms. The minimum atomic E-state index is -0.488. The van der Waals surface area contributed by atoms with Gasteiger partial charge in [-0.2, -0.15) is 0 Å². The van der Waals surface area contributed by atoms with E-state index in [4.69, 9.17) is 0 Å². The quantitative estimate of drug-likeness (QED) is 0.633. The van der Waals surface area contributed by atoms with Crippen molar-refractivity contribution in [2.24, 2.45) is 11.8 Å². The van der Waals surface area contributed by atoms with Crippen molar-refractivity contribution < 1.29 is 8.78 Å². The molecule has 1 aliphatic rings. The van der Waals surface area contributed by atoms with E-state index in [1.54, 1.807) is 0 Å². The van der Waals surface area contributed by atoms with Crippen molar-refractivity contribution in [3.63, 3.8) is 0 Å². The minimum absolute atomic E-state index is 0.225. The van der Waals surface area contributed by atoms with Gasteiger partial charge >= 0.3 is 0 Å². The standard InChI is InChI=1S/C16H21BrF2/c1-10-4-5-14(15(17)6-10)16(2,3)11-7-12(18)9-13(19)8-11/h7-10,14-15H,4-6H2,1-3H3. The summed E-state index contributed by atoms with van der Waals surface area (Å²) in [5.74, 6) is 0.155. The molecule has 3 atom stereocenters. The maximum Gasteiger partial charge on any atom is 0.126 e. The molecule has 0 amide bonds. The highest BCUT2D eigenvalue weighted by atomic mass is 79.9. The molecule has 0 radical (unpaired) electrons. The van der Waals surface area contributed by atoms with E-state index in [9.17, 15) is 8.78 Å². The molecule has 2 rings (SSSR count). The number of hydrogen-bond acceptors (Lipinski definition) is 0. The third-order valence-electron chi connectivity index (χ3n) is 4.57. The molecule has 1 fully saturated rings. The first-order valence-corrected chi connectivity index (χ1v) is 7.83. The lowest BCUT2D eigenvalue weighted by Gasteiger charge is -2.42. The Morgan fingerprint density at radius 3 is 2.21 bits per heavy atom. The van der Waals surface area contributed by atoms with Crippen LogP contribution in [0.4, 0.5) is 8.78 Å². The summed E-state index contributed by atoms with van der Waals surface area (Å²) in [6, 6.07) is 3.88. The van der Waals surface area contributed by atoms with E-state index in [2.05, 4.69) is 36.7 Å². The monoisotopic (exact) mass is 330 g/mol. The molecule has 1 aliphatic carbocycles. The molecule has 1 saturated carbocycles. The summed E-state index contributed by atoms with van der Waals surface area (Å²) in [7, 11) is 0. The van der Waals surface area contributed by atoms with Gasteiger partial charge in [-0.05, 0) is 47.8 Å². The minimum Gasteiger partial charge on any atom is -0.207 e. The average Bonchev–Trinajstić information content (AvgIpc) is 2.26. The number of hydrogen-bond donors (Lipinski definition) is 0. The summed E-state index contributed by atoms with van der Waals surface area (Å²) in [5, 5.41) is 0. The zero-order valence-corrected chi connectivity index (χ0v) is 13.3. The van der Waals surface area contributed by atoms with Crippen LogP contribution in [0.25, 0.3) is 0 Å². The Hall–Kier alpha value is -0.440. The highest BCUT2D eigenvalue weighted by Crippen LogP contribution is 2.45. The van der Waals surface area contributed by atoms with Gasteiger partial charge in [0.1, 0.15) is 11.6 Å². The van der Waals surface area contributed by atoms with Crippen LogP contribution in [0.2, 0.25) is 0 Å². The molecule has 0 N–H and O–H groups in total. The molecule has 0 heterocycles. The summed E-state index contributed by atoms with van der Waals surface area (Å²) >= 11 is 3.78. The summed E-state index contributed by atoms with van der Waals surface area (Å²) in [5.41, 5.74) is 0.533. The van der Waals surface area contributed by atoms with Gasteiger partial charge in [0.25, 0.3) is 0 Å². The van der Waals surface area contributed by atoms with E-state index in [0.717, 1.165) is 30.4 Å². The van der Waals surface area contributed by atoms with E-state index in [1.165, 1.54) is 18.6 Å². The SMILES string of the molecule is CC1CCC(C(C)(C)c2cc(F)cc(F)c2)C(Br)C1. The summed E-state index contributed by atoms with van der Waals surface area (Å²) in [6.07, 6.45) is 3.42. The first kappa shape index (κ1) is 15.0. The maximum atomic E-state index is 13.4. The predicted octanol–water partition coefficient (Wildman–Crippen LogP) is 5.44. The van der Waals surface area contributed by atoms with E-state index in [-0.39, 0.29) is 5.41 Å². The molecule has 0 saturated heterocycles. The van der Waals surface area contributed by atoms with E-state index >= 15 is 0 Å². The second kappa shape index (κ2) is 5.51. The largest absolute Gasteiger partial charge is 0.207 e. The van der Waals surface area contributed by atoms with Crippen molar-refractivity contribution in [2.45, 2.75) is 50.3 Å². The zero-order chi connectivity index (χ0) is 14.2. The first-order chi connectivity index (χ1) is 8.80. The van der Waals surface area contributed by atoms with E-state index < -0.39 is 11.6 Å². The van der Waals surface area contributed by atoms with Gasteiger partial charge in [-0.15, -0.1) is 0 Å². The average molecular weight is 331 g/mol. The maximum absolute atomic E-state index is 13.4. The number of alkyl halides is 1. The van der Waals surface area contributed by atoms with Gasteiger partial charge in [0.05, 0.1) is 0 Å². The topological polar surface area (TPSA) is 0 Å². The molecule has 0 aliphatic heterocycles. The Balaban J connectivity index is 2.30. The molecule has 0 aromatic heterocycles. The third-order valence-corrected chi connectivity index (χ3v) is 5.58. The van der Waals surface area contributed by atoms with Crippen molar-refractivity contribution >= 4 is 15.9 Å². The van der Waals surface area contributed by atoms with Crippen molar-refractivity contribution in [1.29, 1.82) is 0 Å². The van der Waals surface area contributed by atoms with Gasteiger partial charge in [0, 0.05) is 10.9 Å². The molecule has 1 aromatic rings. The normalized spacial score (nSPS) is 28.4. The van der Waals surface area contributed by atoms with Crippen LogP contribution in [0, 0.1) is 23.5 Å². The fraction of sp³-hybridized carbons (Fsp3) is 0.625. The predicted molar refractivity (Wildman–Crippen MR) is 78.6 cm³/mol. The Kier molecular flexibility index (Phi) is 4.34. The third kappa shape index (κ3) is 3.18. The van der Waals surface area contributed by atoms with Crippen LogP contribution in [0.1, 0.15) is 45.6 Å². The summed E-state index contributed by atoms with van der Waals surface area (Å²) in [6.45, 7) is 6.45. The fourth-order valence-corrected chi connectivity index (χ4v) is 4.83. The number of halogens is 3. The van der Waals surface area contributed by atoms with Crippen molar-refractivity contribution in [1.82, 2.24) is 0 Å². The van der Waals surface area contributed by atoms with Crippen LogP contribution >= 0.6 is 15.9 Å². The van der Waals surface area contributed by atoms with Gasteiger partial charge in [-0.3, -0.25) is 0 Å². The van der Waals surface area contributed by atoms with Crippen LogP contribution in [0.3, 0.4) is 0 Å². The van der Waals surface area contributed by atoms with Crippen molar-refractivity contribution in [2.75, 3.05) is 0 Å². The highest BCUT2D eigenvalue weighted by molar-refractivity contribution is 9.09. The lowest BCUT2D eigenvalue weighted by Crippen LogP contribution is -2.38. The van der Waals surface area contributed by atoms with Gasteiger partial charge in [0.15, 0.2) is 0 Å². The lowest BCUT2D eigenvalue weighted by molar-refractivity contribution is 0.213. The summed E-state index contributed by atoms with van der Waals surface area (Å²) < 4.78 is 26.9. The first-order valence-electron chi connectivity index (χ1n) is 6.91. The van der Waals surface area contributed by atoms with Crippen molar-refractivity contribution in [3.05, 3.63) is 35.4 Å². The molecular formula is C16H21BrF2. The molecule has 3 heteroatoms.